The van der Waals surface area contributed by atoms with E-state index >= 15 is 0 Å². The van der Waals surface area contributed by atoms with Crippen LogP contribution in [0.15, 0.2) is 53.0 Å². The standard InChI is InChI=1S/C15H12BrNO/c16-11-7-5-10(6-8-11)14-9-15(18)12-3-1-2-4-13(12)17-14/h1-8,14,17H,9H2. The van der Waals surface area contributed by atoms with E-state index in [0.717, 1.165) is 21.3 Å². The van der Waals surface area contributed by atoms with Gasteiger partial charge in [-0.15, -0.1) is 0 Å². The monoisotopic (exact) mass is 301 g/mol. The molecule has 3 rings (SSSR count). The highest BCUT2D eigenvalue weighted by Crippen LogP contribution is 2.32. The first kappa shape index (κ1) is 11.5. The van der Waals surface area contributed by atoms with E-state index in [1.807, 2.05) is 48.5 Å². The Morgan fingerprint density at radius 1 is 1.06 bits per heavy atom. The van der Waals surface area contributed by atoms with Crippen molar-refractivity contribution < 1.29 is 4.79 Å². The van der Waals surface area contributed by atoms with Gasteiger partial charge < -0.3 is 5.32 Å². The smallest absolute Gasteiger partial charge is 0.167 e. The normalized spacial score (nSPS) is 18.1. The molecule has 0 aromatic heterocycles. The Morgan fingerprint density at radius 3 is 2.56 bits per heavy atom. The van der Waals surface area contributed by atoms with Crippen LogP contribution >= 0.6 is 15.9 Å². The third kappa shape index (κ3) is 2.06. The van der Waals surface area contributed by atoms with E-state index in [4.69, 9.17) is 0 Å². The van der Waals surface area contributed by atoms with Gasteiger partial charge in [-0.3, -0.25) is 4.79 Å². The quantitative estimate of drug-likeness (QED) is 0.856. The first-order chi connectivity index (χ1) is 8.74. The number of carbonyl (C=O) groups is 1. The Bertz CT molecular complexity index is 592. The van der Waals surface area contributed by atoms with Crippen molar-refractivity contribution >= 4 is 27.4 Å². The molecule has 0 radical (unpaired) electrons. The molecule has 0 bridgehead atoms. The summed E-state index contributed by atoms with van der Waals surface area (Å²) in [5.74, 6) is 0.206. The molecule has 0 saturated carbocycles. The molecule has 0 aliphatic carbocycles. The van der Waals surface area contributed by atoms with Crippen molar-refractivity contribution in [2.24, 2.45) is 0 Å². The number of fused-ring (bicyclic) bond motifs is 1. The number of hydrogen-bond donors (Lipinski definition) is 1. The zero-order chi connectivity index (χ0) is 12.5. The van der Waals surface area contributed by atoms with Crippen LogP contribution in [0.5, 0.6) is 0 Å². The SMILES string of the molecule is O=C1CC(c2ccc(Br)cc2)Nc2ccccc21. The number of rotatable bonds is 1. The summed E-state index contributed by atoms with van der Waals surface area (Å²) in [5.41, 5.74) is 2.87. The Labute approximate surface area is 114 Å². The van der Waals surface area contributed by atoms with Crippen LogP contribution in [0.1, 0.15) is 28.4 Å². The maximum absolute atomic E-state index is 12.1. The predicted octanol–water partition coefficient (Wildman–Crippen LogP) is 4.19. The first-order valence-corrected chi connectivity index (χ1v) is 6.67. The van der Waals surface area contributed by atoms with Crippen molar-refractivity contribution in [3.8, 4) is 0 Å². The summed E-state index contributed by atoms with van der Waals surface area (Å²) in [7, 11) is 0. The molecule has 2 aromatic rings. The molecule has 2 nitrogen and oxygen atoms in total. The summed E-state index contributed by atoms with van der Waals surface area (Å²) in [6.07, 6.45) is 0.513. The lowest BCUT2D eigenvalue weighted by molar-refractivity contribution is 0.0972. The van der Waals surface area contributed by atoms with Gasteiger partial charge in [0.15, 0.2) is 5.78 Å². The number of Topliss-reactive ketones (excluding diaryl/α,β-unsaturated/α-hetero) is 1. The Balaban J connectivity index is 1.94. The van der Waals surface area contributed by atoms with Crippen LogP contribution in [0.3, 0.4) is 0 Å². The van der Waals surface area contributed by atoms with Crippen LogP contribution in [0.4, 0.5) is 5.69 Å². The predicted molar refractivity (Wildman–Crippen MR) is 75.9 cm³/mol. The van der Waals surface area contributed by atoms with Crippen molar-refractivity contribution in [2.45, 2.75) is 12.5 Å². The highest BCUT2D eigenvalue weighted by molar-refractivity contribution is 9.10. The van der Waals surface area contributed by atoms with E-state index in [9.17, 15) is 4.79 Å². The van der Waals surface area contributed by atoms with Crippen LogP contribution < -0.4 is 5.32 Å². The van der Waals surface area contributed by atoms with Gasteiger partial charge in [-0.05, 0) is 29.8 Å². The average molecular weight is 302 g/mol. The summed E-state index contributed by atoms with van der Waals surface area (Å²) in [6.45, 7) is 0. The maximum Gasteiger partial charge on any atom is 0.167 e. The number of nitrogens with one attached hydrogen (secondary N) is 1. The number of carbonyl (C=O) groups excluding carboxylic acids is 1. The molecule has 3 heteroatoms. The molecule has 0 amide bonds. The van der Waals surface area contributed by atoms with Crippen LogP contribution in [-0.4, -0.2) is 5.78 Å². The first-order valence-electron chi connectivity index (χ1n) is 5.88. The van der Waals surface area contributed by atoms with Gasteiger partial charge in [0, 0.05) is 22.1 Å². The zero-order valence-corrected chi connectivity index (χ0v) is 11.3. The summed E-state index contributed by atoms with van der Waals surface area (Å²) in [4.78, 5) is 12.1. The molecule has 18 heavy (non-hydrogen) atoms. The maximum atomic E-state index is 12.1. The van der Waals surface area contributed by atoms with Crippen molar-refractivity contribution in [3.63, 3.8) is 0 Å². The summed E-state index contributed by atoms with van der Waals surface area (Å²) < 4.78 is 1.05. The van der Waals surface area contributed by atoms with E-state index in [2.05, 4.69) is 21.2 Å². The number of anilines is 1. The van der Waals surface area contributed by atoms with Gasteiger partial charge in [0.25, 0.3) is 0 Å². The molecule has 0 spiro atoms. The van der Waals surface area contributed by atoms with E-state index in [0.29, 0.717) is 6.42 Å². The van der Waals surface area contributed by atoms with Gasteiger partial charge in [0.05, 0.1) is 6.04 Å². The van der Waals surface area contributed by atoms with Gasteiger partial charge >= 0.3 is 0 Å². The summed E-state index contributed by atoms with van der Waals surface area (Å²) in [5, 5.41) is 3.43. The lowest BCUT2D eigenvalue weighted by Crippen LogP contribution is -2.22. The van der Waals surface area contributed by atoms with E-state index in [1.165, 1.54) is 0 Å². The second kappa shape index (κ2) is 4.58. The minimum absolute atomic E-state index is 0.0699. The molecular weight excluding hydrogens is 290 g/mol. The van der Waals surface area contributed by atoms with E-state index in [1.54, 1.807) is 0 Å². The van der Waals surface area contributed by atoms with Gasteiger partial charge in [-0.1, -0.05) is 40.2 Å². The number of halogens is 1. The second-order valence-corrected chi connectivity index (χ2v) is 5.34. The molecule has 1 aliphatic heterocycles. The van der Waals surface area contributed by atoms with E-state index in [-0.39, 0.29) is 11.8 Å². The highest BCUT2D eigenvalue weighted by Gasteiger charge is 2.24. The third-order valence-corrected chi connectivity index (χ3v) is 3.75. The molecule has 1 unspecified atom stereocenters. The van der Waals surface area contributed by atoms with Gasteiger partial charge in [-0.25, -0.2) is 0 Å². The minimum Gasteiger partial charge on any atom is -0.377 e. The molecule has 2 aromatic carbocycles. The molecule has 0 saturated heterocycles. The van der Waals surface area contributed by atoms with Crippen molar-refractivity contribution in [2.75, 3.05) is 5.32 Å². The van der Waals surface area contributed by atoms with Crippen LogP contribution in [-0.2, 0) is 0 Å². The fraction of sp³-hybridized carbons (Fsp3) is 0.133. The Kier molecular flexibility index (Phi) is 2.92. The number of hydrogen-bond acceptors (Lipinski definition) is 2. The van der Waals surface area contributed by atoms with Crippen LogP contribution in [0, 0.1) is 0 Å². The second-order valence-electron chi connectivity index (χ2n) is 4.42. The van der Waals surface area contributed by atoms with Gasteiger partial charge in [-0.2, -0.15) is 0 Å². The van der Waals surface area contributed by atoms with Crippen molar-refractivity contribution in [3.05, 3.63) is 64.1 Å². The summed E-state index contributed by atoms with van der Waals surface area (Å²) in [6, 6.07) is 15.8. The van der Waals surface area contributed by atoms with Gasteiger partial charge in [0.2, 0.25) is 0 Å². The highest BCUT2D eigenvalue weighted by atomic mass is 79.9. The van der Waals surface area contributed by atoms with Crippen molar-refractivity contribution in [1.29, 1.82) is 0 Å². The third-order valence-electron chi connectivity index (χ3n) is 3.22. The lowest BCUT2D eigenvalue weighted by atomic mass is 9.92. The minimum atomic E-state index is 0.0699. The molecule has 90 valence electrons. The summed E-state index contributed by atoms with van der Waals surface area (Å²) >= 11 is 3.42. The molecule has 1 heterocycles. The Hall–Kier alpha value is -1.61. The lowest BCUT2D eigenvalue weighted by Gasteiger charge is -2.26. The number of benzene rings is 2. The number of ketones is 1. The van der Waals surface area contributed by atoms with Crippen LogP contribution in [0.2, 0.25) is 0 Å². The topological polar surface area (TPSA) is 29.1 Å². The molecule has 0 fully saturated rings. The van der Waals surface area contributed by atoms with Crippen molar-refractivity contribution in [1.82, 2.24) is 0 Å². The zero-order valence-electron chi connectivity index (χ0n) is 9.69. The molecule has 1 atom stereocenters. The molecular formula is C15H12BrNO. The van der Waals surface area contributed by atoms with E-state index < -0.39 is 0 Å². The molecule has 1 aliphatic rings. The Morgan fingerprint density at radius 2 is 1.78 bits per heavy atom. The molecule has 1 N–H and O–H groups in total. The van der Waals surface area contributed by atoms with Gasteiger partial charge in [0.1, 0.15) is 0 Å². The fourth-order valence-corrected chi connectivity index (χ4v) is 2.55. The largest absolute Gasteiger partial charge is 0.377 e. The fourth-order valence-electron chi connectivity index (χ4n) is 2.28. The number of para-hydroxylation sites is 1. The average Bonchev–Trinajstić information content (AvgIpc) is 2.39. The van der Waals surface area contributed by atoms with Crippen LogP contribution in [0.25, 0.3) is 0 Å².